The predicted molar refractivity (Wildman–Crippen MR) is 66.4 cm³/mol. The van der Waals surface area contributed by atoms with Crippen molar-refractivity contribution in [3.05, 3.63) is 4.91 Å². The lowest BCUT2D eigenvalue weighted by atomic mass is 10.0. The fraction of sp³-hybridized carbons (Fsp3) is 0.889. The van der Waals surface area contributed by atoms with Crippen LogP contribution < -0.4 is 0 Å². The molecule has 0 bridgehead atoms. The van der Waals surface area contributed by atoms with E-state index in [0.29, 0.717) is 5.01 Å². The number of hydrogen-bond donors (Lipinski definition) is 6. The van der Waals surface area contributed by atoms with Crippen LogP contribution in [0.25, 0.3) is 0 Å². The van der Waals surface area contributed by atoms with E-state index in [-0.39, 0.29) is 5.75 Å². The molecule has 0 saturated carbocycles. The van der Waals surface area contributed by atoms with Crippen molar-refractivity contribution < 1.29 is 35.4 Å². The Hall–Kier alpha value is -0.980. The second kappa shape index (κ2) is 7.15. The van der Waals surface area contributed by atoms with Gasteiger partial charge in [0.25, 0.3) is 0 Å². The fourth-order valence-electron chi connectivity index (χ4n) is 1.77. The molecule has 6 unspecified atom stereocenters. The van der Waals surface area contributed by atoms with Gasteiger partial charge >= 0.3 is 5.97 Å². The molecule has 1 aliphatic heterocycles. The number of thioether (sulfide) groups is 1. The summed E-state index contributed by atoms with van der Waals surface area (Å²) in [5, 5.41) is 57.7. The van der Waals surface area contributed by atoms with Crippen LogP contribution in [0, 0.1) is 4.91 Å². The quantitative estimate of drug-likeness (QED) is 0.265. The fourth-order valence-corrected chi connectivity index (χ4v) is 3.14. The van der Waals surface area contributed by atoms with E-state index in [0.717, 1.165) is 11.8 Å². The lowest BCUT2D eigenvalue weighted by Gasteiger charge is -2.31. The molecule has 0 aromatic heterocycles. The van der Waals surface area contributed by atoms with Gasteiger partial charge < -0.3 is 30.6 Å². The van der Waals surface area contributed by atoms with Crippen molar-refractivity contribution in [2.75, 3.05) is 12.4 Å². The zero-order valence-electron chi connectivity index (χ0n) is 10.2. The number of aliphatic hydroxyl groups is 5. The predicted octanol–water partition coefficient (Wildman–Crippen LogP) is -3.07. The number of carboxylic acids is 1. The summed E-state index contributed by atoms with van der Waals surface area (Å²) in [6.07, 6.45) is -7.16. The van der Waals surface area contributed by atoms with Crippen LogP contribution in [0.5, 0.6) is 0 Å². The molecule has 10 nitrogen and oxygen atoms in total. The molecule has 6 N–H and O–H groups in total. The molecular formula is C9H16N2O8S. The standard InChI is InChI=1S/C9H16N2O8S/c12-1-4(13)5(14)6(15)7(16)8-11(10-19)3(2-20-8)9(17)18/h3-8,12-16H,1-2H2,(H,17,18). The lowest BCUT2D eigenvalue weighted by Crippen LogP contribution is -2.52. The van der Waals surface area contributed by atoms with Gasteiger partial charge in [-0.05, 0) is 0 Å². The van der Waals surface area contributed by atoms with Gasteiger partial charge in [0.05, 0.1) is 11.9 Å². The number of nitrogens with zero attached hydrogens (tertiary/aromatic N) is 2. The van der Waals surface area contributed by atoms with Crippen LogP contribution in [0.15, 0.2) is 5.29 Å². The largest absolute Gasteiger partial charge is 0.480 e. The lowest BCUT2D eigenvalue weighted by molar-refractivity contribution is -0.145. The van der Waals surface area contributed by atoms with Crippen molar-refractivity contribution in [2.45, 2.75) is 35.8 Å². The molecule has 116 valence electrons. The Kier molecular flexibility index (Phi) is 6.10. The summed E-state index contributed by atoms with van der Waals surface area (Å²) in [6, 6.07) is -1.25. The van der Waals surface area contributed by atoms with Crippen LogP contribution in [0.2, 0.25) is 0 Å². The van der Waals surface area contributed by atoms with Gasteiger partial charge in [0.1, 0.15) is 29.8 Å². The van der Waals surface area contributed by atoms with Crippen molar-refractivity contribution in [3.63, 3.8) is 0 Å². The highest BCUT2D eigenvalue weighted by atomic mass is 32.2. The average molecular weight is 312 g/mol. The number of aliphatic hydroxyl groups excluding tert-OH is 5. The molecule has 0 aliphatic carbocycles. The smallest absolute Gasteiger partial charge is 0.329 e. The SMILES string of the molecule is O=NN1C(C(=O)O)CSC1C(O)C(O)C(O)C(O)CO. The Morgan fingerprint density at radius 3 is 2.35 bits per heavy atom. The van der Waals surface area contributed by atoms with Gasteiger partial charge in [-0.15, -0.1) is 16.7 Å². The van der Waals surface area contributed by atoms with Gasteiger partial charge in [-0.3, -0.25) is 0 Å². The molecular weight excluding hydrogens is 296 g/mol. The van der Waals surface area contributed by atoms with Crippen molar-refractivity contribution in [1.82, 2.24) is 5.01 Å². The maximum Gasteiger partial charge on any atom is 0.329 e. The van der Waals surface area contributed by atoms with E-state index in [4.69, 9.17) is 10.2 Å². The normalized spacial score (nSPS) is 28.8. The molecule has 0 spiro atoms. The molecule has 6 atom stereocenters. The third kappa shape index (κ3) is 3.37. The second-order valence-electron chi connectivity index (χ2n) is 4.26. The Balaban J connectivity index is 2.78. The van der Waals surface area contributed by atoms with E-state index in [1.165, 1.54) is 0 Å². The molecule has 0 aromatic rings. The number of carboxylic acid groups (broad SMARTS) is 1. The van der Waals surface area contributed by atoms with Gasteiger partial charge in [0, 0.05) is 5.75 Å². The van der Waals surface area contributed by atoms with Crippen molar-refractivity contribution in [2.24, 2.45) is 5.29 Å². The number of aliphatic carboxylic acids is 1. The van der Waals surface area contributed by atoms with Crippen LogP contribution in [-0.4, -0.2) is 89.8 Å². The number of rotatable bonds is 7. The highest BCUT2D eigenvalue weighted by Crippen LogP contribution is 2.33. The van der Waals surface area contributed by atoms with E-state index in [9.17, 15) is 30.1 Å². The van der Waals surface area contributed by atoms with E-state index in [2.05, 4.69) is 5.29 Å². The zero-order valence-corrected chi connectivity index (χ0v) is 11.0. The van der Waals surface area contributed by atoms with Crippen molar-refractivity contribution >= 4 is 17.7 Å². The number of hydrogen-bond acceptors (Lipinski definition) is 9. The minimum Gasteiger partial charge on any atom is -0.480 e. The summed E-state index contributed by atoms with van der Waals surface area (Å²) < 4.78 is 0. The third-order valence-electron chi connectivity index (χ3n) is 2.96. The minimum absolute atomic E-state index is 0.0336. The summed E-state index contributed by atoms with van der Waals surface area (Å²) in [6.45, 7) is -0.837. The first-order valence-electron chi connectivity index (χ1n) is 5.64. The van der Waals surface area contributed by atoms with Gasteiger partial charge in [-0.1, -0.05) is 0 Å². The van der Waals surface area contributed by atoms with Crippen molar-refractivity contribution in [1.29, 1.82) is 0 Å². The monoisotopic (exact) mass is 312 g/mol. The Morgan fingerprint density at radius 2 is 1.90 bits per heavy atom. The minimum atomic E-state index is -1.88. The second-order valence-corrected chi connectivity index (χ2v) is 5.41. The molecule has 0 radical (unpaired) electrons. The summed E-state index contributed by atoms with van der Waals surface area (Å²) in [4.78, 5) is 21.6. The number of carbonyl (C=O) groups is 1. The molecule has 1 saturated heterocycles. The molecule has 1 fully saturated rings. The van der Waals surface area contributed by atoms with Gasteiger partial charge in [-0.2, -0.15) is 0 Å². The van der Waals surface area contributed by atoms with E-state index in [1.54, 1.807) is 0 Å². The Morgan fingerprint density at radius 1 is 1.30 bits per heavy atom. The summed E-state index contributed by atoms with van der Waals surface area (Å²) >= 11 is 0.871. The number of nitroso groups, excluding NO2 is 1. The van der Waals surface area contributed by atoms with Gasteiger partial charge in [0.15, 0.2) is 6.04 Å². The molecule has 11 heteroatoms. The van der Waals surface area contributed by atoms with Crippen LogP contribution in [0.4, 0.5) is 0 Å². The van der Waals surface area contributed by atoms with E-state index >= 15 is 0 Å². The first-order chi connectivity index (χ1) is 9.34. The zero-order chi connectivity index (χ0) is 15.4. The van der Waals surface area contributed by atoms with E-state index < -0.39 is 48.4 Å². The highest BCUT2D eigenvalue weighted by Gasteiger charge is 2.46. The van der Waals surface area contributed by atoms with Crippen LogP contribution >= 0.6 is 11.8 Å². The third-order valence-corrected chi connectivity index (χ3v) is 4.30. The van der Waals surface area contributed by atoms with Gasteiger partial charge in [-0.25, -0.2) is 9.80 Å². The first kappa shape index (κ1) is 17.1. The molecule has 0 aromatic carbocycles. The van der Waals surface area contributed by atoms with Crippen LogP contribution in [0.3, 0.4) is 0 Å². The summed E-state index contributed by atoms with van der Waals surface area (Å²) in [5.74, 6) is -1.34. The van der Waals surface area contributed by atoms with Crippen LogP contribution in [0.1, 0.15) is 0 Å². The van der Waals surface area contributed by atoms with Crippen molar-refractivity contribution in [3.8, 4) is 0 Å². The molecule has 20 heavy (non-hydrogen) atoms. The van der Waals surface area contributed by atoms with Crippen LogP contribution in [-0.2, 0) is 4.79 Å². The molecule has 0 amide bonds. The highest BCUT2D eigenvalue weighted by molar-refractivity contribution is 8.00. The average Bonchev–Trinajstić information content (AvgIpc) is 2.87. The maximum atomic E-state index is 10.9. The molecule has 1 rings (SSSR count). The van der Waals surface area contributed by atoms with Gasteiger partial charge in [0.2, 0.25) is 0 Å². The summed E-state index contributed by atoms with van der Waals surface area (Å²) in [5.41, 5.74) is 0. The topological polar surface area (TPSA) is 171 Å². The molecule has 1 aliphatic rings. The first-order valence-corrected chi connectivity index (χ1v) is 6.69. The summed E-state index contributed by atoms with van der Waals surface area (Å²) in [7, 11) is 0. The van der Waals surface area contributed by atoms with E-state index in [1.807, 2.05) is 0 Å². The Labute approximate surface area is 117 Å². The maximum absolute atomic E-state index is 10.9. The molecule has 1 heterocycles. The Bertz CT molecular complexity index is 359.